The number of hydrogen-bond donors (Lipinski definition) is 1. The smallest absolute Gasteiger partial charge is 0.124 e. The van der Waals surface area contributed by atoms with Gasteiger partial charge in [-0.2, -0.15) is 0 Å². The molecule has 1 aromatic heterocycles. The predicted molar refractivity (Wildman–Crippen MR) is 87.7 cm³/mol. The molecule has 114 valence electrons. The van der Waals surface area contributed by atoms with Crippen molar-refractivity contribution in [2.75, 3.05) is 6.54 Å². The average Bonchev–Trinajstić information content (AvgIpc) is 2.82. The highest BCUT2D eigenvalue weighted by molar-refractivity contribution is 7.11. The molecule has 0 saturated carbocycles. The van der Waals surface area contributed by atoms with Crippen molar-refractivity contribution in [3.63, 3.8) is 0 Å². The van der Waals surface area contributed by atoms with Gasteiger partial charge in [0.1, 0.15) is 5.82 Å². The van der Waals surface area contributed by atoms with Crippen molar-refractivity contribution in [1.29, 1.82) is 0 Å². The summed E-state index contributed by atoms with van der Waals surface area (Å²) in [4.78, 5) is 6.04. The lowest BCUT2D eigenvalue weighted by molar-refractivity contribution is 0.627. The van der Waals surface area contributed by atoms with Crippen LogP contribution < -0.4 is 5.32 Å². The zero-order valence-corrected chi connectivity index (χ0v) is 14.0. The monoisotopic (exact) mass is 326 g/mol. The third-order valence-electron chi connectivity index (χ3n) is 3.20. The van der Waals surface area contributed by atoms with Crippen LogP contribution in [-0.4, -0.2) is 11.5 Å². The molecule has 1 N–H and O–H groups in total. The second-order valence-electron chi connectivity index (χ2n) is 4.92. The lowest BCUT2D eigenvalue weighted by atomic mass is 10.1. The Morgan fingerprint density at radius 3 is 2.81 bits per heavy atom. The van der Waals surface area contributed by atoms with E-state index in [-0.39, 0.29) is 5.82 Å². The van der Waals surface area contributed by atoms with E-state index in [0.717, 1.165) is 36.5 Å². The van der Waals surface area contributed by atoms with Crippen LogP contribution in [0.25, 0.3) is 0 Å². The maximum atomic E-state index is 13.1. The van der Waals surface area contributed by atoms with Crippen molar-refractivity contribution < 1.29 is 4.39 Å². The molecule has 2 nitrogen and oxygen atoms in total. The van der Waals surface area contributed by atoms with Crippen LogP contribution in [0.15, 0.2) is 18.2 Å². The van der Waals surface area contributed by atoms with Crippen molar-refractivity contribution in [2.45, 2.75) is 39.7 Å². The first-order valence-corrected chi connectivity index (χ1v) is 8.45. The molecular weight excluding hydrogens is 307 g/mol. The van der Waals surface area contributed by atoms with Gasteiger partial charge in [-0.15, -0.1) is 11.3 Å². The first-order valence-electron chi connectivity index (χ1n) is 7.26. The number of nitrogens with one attached hydrogen (secondary N) is 1. The number of nitrogens with zero attached hydrogens (tertiary/aromatic N) is 1. The standard InChI is InChI=1S/C16H20ClFN2S/c1-3-5-14-15(10-19-4-2)21-16(20-14)8-11-6-7-12(18)9-13(11)17/h6-7,9,19H,3-5,8,10H2,1-2H3. The Hall–Kier alpha value is -0.970. The maximum Gasteiger partial charge on any atom is 0.124 e. The fourth-order valence-corrected chi connectivity index (χ4v) is 3.49. The molecule has 21 heavy (non-hydrogen) atoms. The molecule has 0 aliphatic heterocycles. The quantitative estimate of drug-likeness (QED) is 0.805. The molecule has 0 atom stereocenters. The van der Waals surface area contributed by atoms with Crippen molar-refractivity contribution in [2.24, 2.45) is 0 Å². The van der Waals surface area contributed by atoms with E-state index in [1.54, 1.807) is 17.4 Å². The Bertz CT molecular complexity index is 598. The molecule has 0 fully saturated rings. The molecule has 0 aliphatic carbocycles. The molecule has 1 heterocycles. The van der Waals surface area contributed by atoms with E-state index in [4.69, 9.17) is 16.6 Å². The molecule has 0 amide bonds. The summed E-state index contributed by atoms with van der Waals surface area (Å²) in [7, 11) is 0. The Kier molecular flexibility index (Phi) is 6.15. The van der Waals surface area contributed by atoms with Crippen molar-refractivity contribution in [1.82, 2.24) is 10.3 Å². The number of rotatable bonds is 7. The van der Waals surface area contributed by atoms with Gasteiger partial charge in [0.25, 0.3) is 0 Å². The van der Waals surface area contributed by atoms with Crippen LogP contribution in [0.4, 0.5) is 4.39 Å². The zero-order chi connectivity index (χ0) is 15.2. The third kappa shape index (κ3) is 4.50. The Balaban J connectivity index is 2.19. The van der Waals surface area contributed by atoms with Gasteiger partial charge in [0.05, 0.1) is 10.7 Å². The van der Waals surface area contributed by atoms with Crippen LogP contribution in [-0.2, 0) is 19.4 Å². The third-order valence-corrected chi connectivity index (χ3v) is 4.65. The molecule has 0 saturated heterocycles. The van der Waals surface area contributed by atoms with Gasteiger partial charge in [0, 0.05) is 22.9 Å². The molecule has 0 unspecified atom stereocenters. The van der Waals surface area contributed by atoms with Gasteiger partial charge >= 0.3 is 0 Å². The van der Waals surface area contributed by atoms with Gasteiger partial charge in [-0.25, -0.2) is 9.37 Å². The fraction of sp³-hybridized carbons (Fsp3) is 0.438. The van der Waals surface area contributed by atoms with Crippen molar-refractivity contribution in [3.05, 3.63) is 50.2 Å². The number of aryl methyl sites for hydroxylation is 1. The number of halogens is 2. The number of aromatic nitrogens is 1. The first kappa shape index (κ1) is 16.4. The van der Waals surface area contributed by atoms with Crippen LogP contribution in [0.1, 0.15) is 41.4 Å². The SMILES string of the molecule is CCCc1nc(Cc2ccc(F)cc2Cl)sc1CNCC. The van der Waals surface area contributed by atoms with E-state index < -0.39 is 0 Å². The van der Waals surface area contributed by atoms with E-state index in [2.05, 4.69) is 19.2 Å². The summed E-state index contributed by atoms with van der Waals surface area (Å²) in [5.74, 6) is -0.303. The predicted octanol–water partition coefficient (Wildman–Crippen LogP) is 4.59. The van der Waals surface area contributed by atoms with Gasteiger partial charge < -0.3 is 5.32 Å². The summed E-state index contributed by atoms with van der Waals surface area (Å²) in [5.41, 5.74) is 2.10. The van der Waals surface area contributed by atoms with Gasteiger partial charge in [0.2, 0.25) is 0 Å². The molecule has 0 aliphatic rings. The second-order valence-corrected chi connectivity index (χ2v) is 6.50. The Morgan fingerprint density at radius 1 is 1.33 bits per heavy atom. The highest BCUT2D eigenvalue weighted by Crippen LogP contribution is 2.25. The normalized spacial score (nSPS) is 11.0. The molecule has 1 aromatic carbocycles. The van der Waals surface area contributed by atoms with E-state index >= 15 is 0 Å². The van der Waals surface area contributed by atoms with Crippen molar-refractivity contribution >= 4 is 22.9 Å². The summed E-state index contributed by atoms with van der Waals surface area (Å²) in [6.45, 7) is 6.07. The summed E-state index contributed by atoms with van der Waals surface area (Å²) < 4.78 is 13.1. The lowest BCUT2D eigenvalue weighted by Gasteiger charge is -2.01. The molecule has 2 aromatic rings. The molecule has 0 bridgehead atoms. The van der Waals surface area contributed by atoms with Crippen LogP contribution in [0, 0.1) is 5.82 Å². The molecule has 0 spiro atoms. The molecular formula is C16H20ClFN2S. The maximum absolute atomic E-state index is 13.1. The van der Waals surface area contributed by atoms with Crippen LogP contribution in [0.5, 0.6) is 0 Å². The zero-order valence-electron chi connectivity index (χ0n) is 12.4. The second kappa shape index (κ2) is 7.87. The van der Waals surface area contributed by atoms with Crippen LogP contribution >= 0.6 is 22.9 Å². The summed E-state index contributed by atoms with van der Waals surface area (Å²) in [5, 5.41) is 4.86. The topological polar surface area (TPSA) is 24.9 Å². The summed E-state index contributed by atoms with van der Waals surface area (Å²) in [6, 6.07) is 4.54. The van der Waals surface area contributed by atoms with E-state index in [0.29, 0.717) is 11.4 Å². The number of benzene rings is 1. The minimum atomic E-state index is -0.303. The summed E-state index contributed by atoms with van der Waals surface area (Å²) >= 11 is 7.82. The number of hydrogen-bond acceptors (Lipinski definition) is 3. The largest absolute Gasteiger partial charge is 0.312 e. The van der Waals surface area contributed by atoms with Gasteiger partial charge in [-0.1, -0.05) is 37.9 Å². The fourth-order valence-electron chi connectivity index (χ4n) is 2.15. The molecule has 2 rings (SSSR count). The van der Waals surface area contributed by atoms with Crippen LogP contribution in [0.2, 0.25) is 5.02 Å². The van der Waals surface area contributed by atoms with E-state index in [9.17, 15) is 4.39 Å². The highest BCUT2D eigenvalue weighted by Gasteiger charge is 2.12. The summed E-state index contributed by atoms with van der Waals surface area (Å²) in [6.07, 6.45) is 2.74. The molecule has 0 radical (unpaired) electrons. The van der Waals surface area contributed by atoms with E-state index in [1.165, 1.54) is 22.7 Å². The average molecular weight is 327 g/mol. The van der Waals surface area contributed by atoms with Gasteiger partial charge in [0.15, 0.2) is 0 Å². The minimum absolute atomic E-state index is 0.303. The van der Waals surface area contributed by atoms with Crippen LogP contribution in [0.3, 0.4) is 0 Å². The van der Waals surface area contributed by atoms with Gasteiger partial charge in [-0.3, -0.25) is 0 Å². The number of thiazole rings is 1. The molecule has 5 heteroatoms. The van der Waals surface area contributed by atoms with Crippen molar-refractivity contribution in [3.8, 4) is 0 Å². The first-order chi connectivity index (χ1) is 10.1. The Morgan fingerprint density at radius 2 is 2.14 bits per heavy atom. The van der Waals surface area contributed by atoms with E-state index in [1.807, 2.05) is 0 Å². The Labute approximate surface area is 134 Å². The lowest BCUT2D eigenvalue weighted by Crippen LogP contribution is -2.11. The minimum Gasteiger partial charge on any atom is -0.312 e. The van der Waals surface area contributed by atoms with Gasteiger partial charge in [-0.05, 0) is 30.7 Å². The highest BCUT2D eigenvalue weighted by atomic mass is 35.5.